The van der Waals surface area contributed by atoms with E-state index in [9.17, 15) is 18.3 Å². The zero-order valence-electron chi connectivity index (χ0n) is 17.5. The van der Waals surface area contributed by atoms with Crippen molar-refractivity contribution < 1.29 is 23.0 Å². The summed E-state index contributed by atoms with van der Waals surface area (Å²) in [6.45, 7) is 3.12. The maximum absolute atomic E-state index is 13.2. The molecule has 2 aromatic carbocycles. The molecule has 2 fully saturated rings. The van der Waals surface area contributed by atoms with Gasteiger partial charge < -0.3 is 9.84 Å². The number of benzene rings is 2. The average molecular weight is 435 g/mol. The maximum atomic E-state index is 13.2. The van der Waals surface area contributed by atoms with Crippen LogP contribution < -0.4 is 15.6 Å². The SMILES string of the molecule is COc1ccc(CN2CCCC(C3NNCC3c3cccc(C(F)(F)F)c3)C2)cc1O. The molecule has 3 atom stereocenters. The van der Waals surface area contributed by atoms with E-state index in [1.54, 1.807) is 18.2 Å². The van der Waals surface area contributed by atoms with Gasteiger partial charge in [0.1, 0.15) is 0 Å². The Morgan fingerprint density at radius 2 is 2.03 bits per heavy atom. The fourth-order valence-electron chi connectivity index (χ4n) is 4.85. The van der Waals surface area contributed by atoms with E-state index in [1.807, 2.05) is 6.07 Å². The van der Waals surface area contributed by atoms with Crippen LogP contribution in [0.3, 0.4) is 0 Å². The molecule has 0 amide bonds. The van der Waals surface area contributed by atoms with Crippen molar-refractivity contribution in [2.24, 2.45) is 5.92 Å². The van der Waals surface area contributed by atoms with E-state index in [1.165, 1.54) is 19.2 Å². The van der Waals surface area contributed by atoms with Crippen LogP contribution in [0.15, 0.2) is 42.5 Å². The Labute approximate surface area is 180 Å². The number of alkyl halides is 3. The molecular weight excluding hydrogens is 407 g/mol. The highest BCUT2D eigenvalue weighted by molar-refractivity contribution is 5.41. The average Bonchev–Trinajstić information content (AvgIpc) is 3.24. The molecule has 0 saturated carbocycles. The number of hydrogen-bond donors (Lipinski definition) is 3. The number of likely N-dealkylation sites (tertiary alicyclic amines) is 1. The predicted octanol–water partition coefficient (Wildman–Crippen LogP) is 3.89. The molecule has 2 aliphatic rings. The normalized spacial score (nSPS) is 25.0. The molecule has 0 bridgehead atoms. The molecule has 0 spiro atoms. The van der Waals surface area contributed by atoms with Crippen molar-refractivity contribution in [2.45, 2.75) is 37.5 Å². The number of halogens is 3. The Kier molecular flexibility index (Phi) is 6.41. The summed E-state index contributed by atoms with van der Waals surface area (Å²) >= 11 is 0. The van der Waals surface area contributed by atoms with Crippen LogP contribution in [0.4, 0.5) is 13.2 Å². The van der Waals surface area contributed by atoms with Gasteiger partial charge in [-0.2, -0.15) is 13.2 Å². The molecule has 5 nitrogen and oxygen atoms in total. The molecule has 3 unspecified atom stereocenters. The van der Waals surface area contributed by atoms with Crippen molar-refractivity contribution in [1.29, 1.82) is 0 Å². The summed E-state index contributed by atoms with van der Waals surface area (Å²) in [5.41, 5.74) is 7.62. The Balaban J connectivity index is 1.46. The van der Waals surface area contributed by atoms with Crippen molar-refractivity contribution in [1.82, 2.24) is 15.8 Å². The number of piperidine rings is 1. The van der Waals surface area contributed by atoms with Gasteiger partial charge in [-0.1, -0.05) is 24.3 Å². The number of aromatic hydroxyl groups is 1. The van der Waals surface area contributed by atoms with E-state index in [0.29, 0.717) is 24.8 Å². The standard InChI is InChI=1S/C23H28F3N3O2/c1-31-21-8-7-15(10-20(21)30)13-29-9-3-5-17(14-29)22-19(12-27-28-22)16-4-2-6-18(11-16)23(24,25)26/h2,4,6-8,10-11,17,19,22,27-28,30H,3,5,9,12-14H2,1H3. The Morgan fingerprint density at radius 3 is 2.77 bits per heavy atom. The molecule has 8 heteroatoms. The van der Waals surface area contributed by atoms with Gasteiger partial charge in [-0.25, -0.2) is 0 Å². The molecule has 31 heavy (non-hydrogen) atoms. The topological polar surface area (TPSA) is 56.8 Å². The molecule has 4 rings (SSSR count). The number of hydrogen-bond acceptors (Lipinski definition) is 5. The molecule has 2 aliphatic heterocycles. The molecule has 2 saturated heterocycles. The van der Waals surface area contributed by atoms with E-state index in [2.05, 4.69) is 15.8 Å². The summed E-state index contributed by atoms with van der Waals surface area (Å²) in [5.74, 6) is 0.873. The van der Waals surface area contributed by atoms with Gasteiger partial charge in [0, 0.05) is 31.6 Å². The second-order valence-electron chi connectivity index (χ2n) is 8.42. The quantitative estimate of drug-likeness (QED) is 0.665. The highest BCUT2D eigenvalue weighted by Gasteiger charge is 2.38. The maximum Gasteiger partial charge on any atom is 0.416 e. The molecule has 2 heterocycles. The van der Waals surface area contributed by atoms with E-state index >= 15 is 0 Å². The van der Waals surface area contributed by atoms with Crippen molar-refractivity contribution in [3.63, 3.8) is 0 Å². The Morgan fingerprint density at radius 1 is 1.19 bits per heavy atom. The third-order valence-corrected chi connectivity index (χ3v) is 6.37. The van der Waals surface area contributed by atoms with Gasteiger partial charge >= 0.3 is 6.18 Å². The highest BCUT2D eigenvalue weighted by Crippen LogP contribution is 2.36. The zero-order valence-corrected chi connectivity index (χ0v) is 17.5. The lowest BCUT2D eigenvalue weighted by Gasteiger charge is -2.37. The van der Waals surface area contributed by atoms with Gasteiger partial charge in [0.15, 0.2) is 11.5 Å². The Bertz CT molecular complexity index is 906. The van der Waals surface area contributed by atoms with Gasteiger partial charge in [0.25, 0.3) is 0 Å². The third-order valence-electron chi connectivity index (χ3n) is 6.37. The monoisotopic (exact) mass is 435 g/mol. The number of nitrogens with zero attached hydrogens (tertiary/aromatic N) is 1. The van der Waals surface area contributed by atoms with Gasteiger partial charge in [0.05, 0.1) is 12.7 Å². The van der Waals surface area contributed by atoms with E-state index in [-0.39, 0.29) is 17.7 Å². The molecule has 2 aromatic rings. The zero-order chi connectivity index (χ0) is 22.0. The first kappa shape index (κ1) is 21.9. The molecular formula is C23H28F3N3O2. The second kappa shape index (κ2) is 9.06. The smallest absolute Gasteiger partial charge is 0.416 e. The fourth-order valence-corrected chi connectivity index (χ4v) is 4.85. The van der Waals surface area contributed by atoms with Crippen LogP contribution in [0, 0.1) is 5.92 Å². The summed E-state index contributed by atoms with van der Waals surface area (Å²) in [5, 5.41) is 10.0. The minimum atomic E-state index is -4.34. The largest absolute Gasteiger partial charge is 0.504 e. The number of phenolic OH excluding ortho intramolecular Hbond substituents is 1. The van der Waals surface area contributed by atoms with E-state index in [4.69, 9.17) is 4.74 Å². The second-order valence-corrected chi connectivity index (χ2v) is 8.42. The molecule has 0 radical (unpaired) electrons. The molecule has 168 valence electrons. The van der Waals surface area contributed by atoms with Crippen LogP contribution in [-0.4, -0.2) is 42.8 Å². The van der Waals surface area contributed by atoms with Crippen molar-refractivity contribution in [2.75, 3.05) is 26.7 Å². The number of rotatable bonds is 5. The van der Waals surface area contributed by atoms with Gasteiger partial charge in [-0.05, 0) is 54.6 Å². The van der Waals surface area contributed by atoms with Gasteiger partial charge in [-0.15, -0.1) is 0 Å². The summed E-state index contributed by atoms with van der Waals surface area (Å²) in [6, 6.07) is 11.2. The van der Waals surface area contributed by atoms with Gasteiger partial charge in [-0.3, -0.25) is 15.8 Å². The lowest BCUT2D eigenvalue weighted by molar-refractivity contribution is -0.137. The number of phenols is 1. The number of hydrazine groups is 1. The van der Waals surface area contributed by atoms with Crippen LogP contribution in [0.5, 0.6) is 11.5 Å². The Hall–Kier alpha value is -2.29. The van der Waals surface area contributed by atoms with Crippen molar-refractivity contribution in [3.05, 3.63) is 59.2 Å². The lowest BCUT2D eigenvalue weighted by Crippen LogP contribution is -2.46. The lowest BCUT2D eigenvalue weighted by atomic mass is 9.80. The number of methoxy groups -OCH3 is 1. The molecule has 0 aliphatic carbocycles. The van der Waals surface area contributed by atoms with Crippen LogP contribution in [-0.2, 0) is 12.7 Å². The summed E-state index contributed by atoms with van der Waals surface area (Å²) < 4.78 is 44.6. The van der Waals surface area contributed by atoms with Crippen molar-refractivity contribution >= 4 is 0 Å². The van der Waals surface area contributed by atoms with Crippen LogP contribution in [0.25, 0.3) is 0 Å². The van der Waals surface area contributed by atoms with Crippen molar-refractivity contribution in [3.8, 4) is 11.5 Å². The number of nitrogens with one attached hydrogen (secondary N) is 2. The van der Waals surface area contributed by atoms with E-state index in [0.717, 1.165) is 43.1 Å². The summed E-state index contributed by atoms with van der Waals surface area (Å²) in [7, 11) is 1.52. The van der Waals surface area contributed by atoms with Crippen LogP contribution in [0.1, 0.15) is 35.4 Å². The minimum absolute atomic E-state index is 0.0164. The summed E-state index contributed by atoms with van der Waals surface area (Å²) in [4.78, 5) is 2.35. The van der Waals surface area contributed by atoms with E-state index < -0.39 is 11.7 Å². The van der Waals surface area contributed by atoms with Crippen LogP contribution in [0.2, 0.25) is 0 Å². The summed E-state index contributed by atoms with van der Waals surface area (Å²) in [6.07, 6.45) is -2.28. The predicted molar refractivity (Wildman–Crippen MR) is 112 cm³/mol. The first-order chi connectivity index (χ1) is 14.8. The van der Waals surface area contributed by atoms with Crippen LogP contribution >= 0.6 is 0 Å². The van der Waals surface area contributed by atoms with Gasteiger partial charge in [0.2, 0.25) is 0 Å². The first-order valence-corrected chi connectivity index (χ1v) is 10.6. The molecule has 3 N–H and O–H groups in total. The third kappa shape index (κ3) is 4.97. The molecule has 0 aromatic heterocycles. The fraction of sp³-hybridized carbons (Fsp3) is 0.478. The number of ether oxygens (including phenoxy) is 1. The minimum Gasteiger partial charge on any atom is -0.504 e. The first-order valence-electron chi connectivity index (χ1n) is 10.6. The highest BCUT2D eigenvalue weighted by atomic mass is 19.4.